The third kappa shape index (κ3) is 4.50. The molecule has 1 aliphatic carbocycles. The number of benzene rings is 1. The Balaban J connectivity index is 1.51. The number of hydrogen-bond donors (Lipinski definition) is 2. The molecular formula is C26H33N7O5. The first-order chi connectivity index (χ1) is 18.4. The number of Topliss-reactive ketones (excluding diaryl/α,β-unsaturated/α-hetero) is 1. The number of nitrogens with zero attached hydrogens (tertiary/aromatic N) is 6. The highest BCUT2D eigenvalue weighted by Crippen LogP contribution is 2.39. The number of aliphatic hydroxyl groups is 1. The molecule has 3 aromatic rings. The number of carbonyl (C=O) groups excluding carboxylic acids is 1. The van der Waals surface area contributed by atoms with E-state index in [9.17, 15) is 9.90 Å². The normalized spacial score (nSPS) is 18.7. The molecule has 0 bridgehead atoms. The van der Waals surface area contributed by atoms with Gasteiger partial charge >= 0.3 is 0 Å². The quantitative estimate of drug-likeness (QED) is 0.428. The smallest absolute Gasteiger partial charge is 0.228 e. The molecule has 2 atom stereocenters. The molecule has 0 spiro atoms. The van der Waals surface area contributed by atoms with Gasteiger partial charge in [0.25, 0.3) is 0 Å². The van der Waals surface area contributed by atoms with Crippen molar-refractivity contribution in [2.75, 3.05) is 58.8 Å². The molecule has 12 heteroatoms. The fourth-order valence-corrected chi connectivity index (χ4v) is 5.12. The summed E-state index contributed by atoms with van der Waals surface area (Å²) in [6, 6.07) is 3.28. The van der Waals surface area contributed by atoms with Crippen LogP contribution in [0.4, 0.5) is 17.6 Å². The fourth-order valence-electron chi connectivity index (χ4n) is 5.12. The van der Waals surface area contributed by atoms with Crippen LogP contribution in [0.3, 0.4) is 0 Å². The monoisotopic (exact) mass is 523 g/mol. The molecule has 3 heterocycles. The number of imidazole rings is 1. The predicted octanol–water partition coefficient (Wildman–Crippen LogP) is 2.06. The Morgan fingerprint density at radius 1 is 1.13 bits per heavy atom. The first kappa shape index (κ1) is 25.7. The maximum Gasteiger partial charge on any atom is 0.228 e. The topological polar surface area (TPSA) is 127 Å². The van der Waals surface area contributed by atoms with Crippen LogP contribution in [-0.2, 0) is 6.42 Å². The molecule has 202 valence electrons. The molecule has 1 fully saturated rings. The summed E-state index contributed by atoms with van der Waals surface area (Å²) in [7, 11) is 8.47. The molecular weight excluding hydrogens is 490 g/mol. The van der Waals surface area contributed by atoms with Gasteiger partial charge in [0.15, 0.2) is 17.3 Å². The van der Waals surface area contributed by atoms with Crippen LogP contribution in [0.25, 0.3) is 5.69 Å². The van der Waals surface area contributed by atoms with Crippen LogP contribution in [0.2, 0.25) is 0 Å². The van der Waals surface area contributed by atoms with Crippen molar-refractivity contribution >= 4 is 23.4 Å². The zero-order chi connectivity index (χ0) is 27.0. The van der Waals surface area contributed by atoms with E-state index in [-0.39, 0.29) is 24.5 Å². The molecule has 1 aliphatic heterocycles. The number of ketones is 1. The van der Waals surface area contributed by atoms with E-state index >= 15 is 0 Å². The van der Waals surface area contributed by atoms with Crippen molar-refractivity contribution in [1.29, 1.82) is 0 Å². The lowest BCUT2D eigenvalue weighted by Gasteiger charge is -2.24. The van der Waals surface area contributed by atoms with Gasteiger partial charge in [-0.15, -0.1) is 0 Å². The summed E-state index contributed by atoms with van der Waals surface area (Å²) < 4.78 is 18.2. The minimum atomic E-state index is -0.306. The average molecular weight is 524 g/mol. The van der Waals surface area contributed by atoms with E-state index in [1.807, 2.05) is 46.8 Å². The molecule has 2 aliphatic rings. The number of nitrogens with one attached hydrogen (secondary N) is 1. The number of methoxy groups -OCH3 is 3. The Hall–Kier alpha value is -3.90. The van der Waals surface area contributed by atoms with Gasteiger partial charge in [0.05, 0.1) is 51.9 Å². The highest BCUT2D eigenvalue weighted by atomic mass is 16.5. The predicted molar refractivity (Wildman–Crippen MR) is 141 cm³/mol. The Morgan fingerprint density at radius 3 is 2.50 bits per heavy atom. The molecule has 2 N–H and O–H groups in total. The van der Waals surface area contributed by atoms with Crippen molar-refractivity contribution in [3.05, 3.63) is 35.9 Å². The molecule has 38 heavy (non-hydrogen) atoms. The van der Waals surface area contributed by atoms with Crippen LogP contribution >= 0.6 is 0 Å². The molecule has 5 rings (SSSR count). The third-order valence-electron chi connectivity index (χ3n) is 7.17. The molecule has 0 radical (unpaired) electrons. The molecule has 1 unspecified atom stereocenters. The molecule has 2 aromatic heterocycles. The lowest BCUT2D eigenvalue weighted by atomic mass is 10.2. The Bertz CT molecular complexity index is 1320. The standard InChI is InChI=1S/C26H33N7O5/c1-31(2)18-11-17-22(23(18)35)29-26(33-8-6-7-15(33)13-34)30-25(17)28-21-12-32(14-27-21)16-9-19(36-3)24(38-5)20(10-16)37-4/h9-10,12,14-15,18,34H,6-8,11,13H2,1-5H3,(H,28,29,30)/t15-,18?/m1/s1. The summed E-state index contributed by atoms with van der Waals surface area (Å²) in [6.45, 7) is 0.737. The lowest BCUT2D eigenvalue weighted by molar-refractivity contribution is 0.0892. The Labute approximate surface area is 221 Å². The third-order valence-corrected chi connectivity index (χ3v) is 7.17. The lowest BCUT2D eigenvalue weighted by Crippen LogP contribution is -2.34. The SMILES string of the molecule is COc1cc(-n2cnc(Nc3nc(N4CCC[C@@H]4CO)nc4c3CC(N(C)C)C4=O)c2)cc(OC)c1OC. The highest BCUT2D eigenvalue weighted by molar-refractivity contribution is 6.04. The number of aliphatic hydroxyl groups excluding tert-OH is 1. The van der Waals surface area contributed by atoms with Crippen molar-refractivity contribution in [3.63, 3.8) is 0 Å². The minimum absolute atomic E-state index is 0.0106. The van der Waals surface area contributed by atoms with E-state index in [1.165, 1.54) is 0 Å². The Morgan fingerprint density at radius 2 is 1.87 bits per heavy atom. The van der Waals surface area contributed by atoms with Crippen LogP contribution in [0.1, 0.15) is 28.9 Å². The number of aromatic nitrogens is 4. The number of hydrogen-bond acceptors (Lipinski definition) is 11. The van der Waals surface area contributed by atoms with E-state index in [0.29, 0.717) is 46.9 Å². The molecule has 1 saturated heterocycles. The summed E-state index contributed by atoms with van der Waals surface area (Å²) in [5, 5.41) is 13.2. The maximum atomic E-state index is 13.2. The van der Waals surface area contributed by atoms with E-state index in [2.05, 4.69) is 15.3 Å². The van der Waals surface area contributed by atoms with Crippen molar-refractivity contribution in [2.45, 2.75) is 31.3 Å². The number of anilines is 3. The van der Waals surface area contributed by atoms with Gasteiger partial charge < -0.3 is 34.1 Å². The maximum absolute atomic E-state index is 13.2. The van der Waals surface area contributed by atoms with Gasteiger partial charge in [-0.3, -0.25) is 9.69 Å². The first-order valence-electron chi connectivity index (χ1n) is 12.5. The van der Waals surface area contributed by atoms with Crippen LogP contribution < -0.4 is 24.4 Å². The summed E-state index contributed by atoms with van der Waals surface area (Å²) in [5.41, 5.74) is 1.95. The summed E-state index contributed by atoms with van der Waals surface area (Å²) in [6.07, 6.45) is 5.78. The zero-order valence-electron chi connectivity index (χ0n) is 22.3. The number of carbonyl (C=O) groups is 1. The van der Waals surface area contributed by atoms with Crippen LogP contribution in [0, 0.1) is 0 Å². The van der Waals surface area contributed by atoms with E-state index in [4.69, 9.17) is 19.2 Å². The number of rotatable bonds is 9. The first-order valence-corrected chi connectivity index (χ1v) is 12.5. The van der Waals surface area contributed by atoms with Gasteiger partial charge in [0.1, 0.15) is 23.7 Å². The second-order valence-corrected chi connectivity index (χ2v) is 9.59. The van der Waals surface area contributed by atoms with Gasteiger partial charge in [0, 0.05) is 30.7 Å². The number of fused-ring (bicyclic) bond motifs is 1. The summed E-state index contributed by atoms with van der Waals surface area (Å²) in [5.74, 6) is 3.07. The summed E-state index contributed by atoms with van der Waals surface area (Å²) in [4.78, 5) is 31.2. The second kappa shape index (κ2) is 10.5. The fraction of sp³-hybridized carbons (Fsp3) is 0.462. The van der Waals surface area contributed by atoms with Gasteiger partial charge in [-0.2, -0.15) is 4.98 Å². The molecule has 0 amide bonds. The summed E-state index contributed by atoms with van der Waals surface area (Å²) >= 11 is 0. The molecule has 12 nitrogen and oxygen atoms in total. The van der Waals surface area contributed by atoms with Crippen LogP contribution in [0.5, 0.6) is 17.2 Å². The zero-order valence-corrected chi connectivity index (χ0v) is 22.3. The van der Waals surface area contributed by atoms with Gasteiger partial charge in [-0.1, -0.05) is 0 Å². The largest absolute Gasteiger partial charge is 0.493 e. The van der Waals surface area contributed by atoms with Crippen LogP contribution in [-0.4, -0.2) is 96.0 Å². The highest BCUT2D eigenvalue weighted by Gasteiger charge is 2.38. The minimum Gasteiger partial charge on any atom is -0.493 e. The van der Waals surface area contributed by atoms with Gasteiger partial charge in [-0.05, 0) is 26.9 Å². The van der Waals surface area contributed by atoms with E-state index < -0.39 is 0 Å². The van der Waals surface area contributed by atoms with Gasteiger partial charge in [0.2, 0.25) is 11.7 Å². The van der Waals surface area contributed by atoms with Gasteiger partial charge in [-0.25, -0.2) is 9.97 Å². The average Bonchev–Trinajstić information content (AvgIpc) is 3.67. The molecule has 1 aromatic carbocycles. The molecule has 0 saturated carbocycles. The second-order valence-electron chi connectivity index (χ2n) is 9.59. The Kier molecular flexibility index (Phi) is 7.09. The van der Waals surface area contributed by atoms with E-state index in [0.717, 1.165) is 30.6 Å². The number of likely N-dealkylation sites (N-methyl/N-ethyl adjacent to an activating group) is 1. The number of ether oxygens (including phenoxy) is 3. The van der Waals surface area contributed by atoms with Crippen molar-refractivity contribution in [3.8, 4) is 22.9 Å². The van der Waals surface area contributed by atoms with Crippen molar-refractivity contribution in [1.82, 2.24) is 24.4 Å². The van der Waals surface area contributed by atoms with Crippen molar-refractivity contribution < 1.29 is 24.1 Å². The van der Waals surface area contributed by atoms with Crippen molar-refractivity contribution in [2.24, 2.45) is 0 Å². The van der Waals surface area contributed by atoms with Crippen LogP contribution in [0.15, 0.2) is 24.7 Å². The van der Waals surface area contributed by atoms with E-state index in [1.54, 1.807) is 27.7 Å².